The van der Waals surface area contributed by atoms with E-state index in [-0.39, 0.29) is 11.9 Å². The molecule has 0 fully saturated rings. The average molecular weight is 302 g/mol. The molecule has 7 nitrogen and oxygen atoms in total. The van der Waals surface area contributed by atoms with E-state index in [1.165, 1.54) is 0 Å². The van der Waals surface area contributed by atoms with E-state index in [0.717, 1.165) is 36.6 Å². The van der Waals surface area contributed by atoms with Crippen LogP contribution in [0.3, 0.4) is 0 Å². The second-order valence-electron chi connectivity index (χ2n) is 5.62. The van der Waals surface area contributed by atoms with Gasteiger partial charge in [0, 0.05) is 44.6 Å². The molecule has 0 radical (unpaired) electrons. The van der Waals surface area contributed by atoms with Crippen LogP contribution in [0.15, 0.2) is 18.7 Å². The molecule has 0 unspecified atom stereocenters. The molecule has 3 rings (SSSR count). The number of nitrogens with zero attached hydrogens (tertiary/aromatic N) is 4. The monoisotopic (exact) mass is 302 g/mol. The van der Waals surface area contributed by atoms with Crippen LogP contribution in [0.25, 0.3) is 0 Å². The Kier molecular flexibility index (Phi) is 4.24. The number of aromatic amines is 1. The number of aryl methyl sites for hydroxylation is 1. The maximum absolute atomic E-state index is 13.0. The van der Waals surface area contributed by atoms with E-state index < -0.39 is 0 Å². The van der Waals surface area contributed by atoms with Crippen molar-refractivity contribution in [2.75, 3.05) is 13.1 Å². The van der Waals surface area contributed by atoms with E-state index in [0.29, 0.717) is 13.1 Å². The standard InChI is InChI=1S/C15H22N6O/c1-3-7-21(9-12-16-6-8-20(12)2)15(22)14-13-11(4-5-17-14)18-10-19-13/h6,8,10,14,17H,3-5,7,9H2,1-2H3,(H,18,19)/t14-/m0/s1. The number of aromatic nitrogens is 4. The topological polar surface area (TPSA) is 78.8 Å². The van der Waals surface area contributed by atoms with Gasteiger partial charge in [-0.05, 0) is 6.42 Å². The van der Waals surface area contributed by atoms with Crippen LogP contribution >= 0.6 is 0 Å². The van der Waals surface area contributed by atoms with Gasteiger partial charge in [-0.15, -0.1) is 0 Å². The fourth-order valence-electron chi connectivity index (χ4n) is 2.86. The van der Waals surface area contributed by atoms with Crippen LogP contribution in [-0.2, 0) is 24.8 Å². The number of imidazole rings is 2. The molecule has 7 heteroatoms. The zero-order chi connectivity index (χ0) is 15.5. The summed E-state index contributed by atoms with van der Waals surface area (Å²) >= 11 is 0. The Bertz CT molecular complexity index is 646. The first-order valence-electron chi connectivity index (χ1n) is 7.71. The number of amides is 1. The van der Waals surface area contributed by atoms with Gasteiger partial charge in [-0.3, -0.25) is 4.79 Å². The molecule has 2 N–H and O–H groups in total. The molecule has 2 aromatic rings. The minimum atomic E-state index is -0.359. The summed E-state index contributed by atoms with van der Waals surface area (Å²) in [6, 6.07) is -0.359. The maximum atomic E-state index is 13.0. The van der Waals surface area contributed by atoms with Gasteiger partial charge in [-0.25, -0.2) is 9.97 Å². The zero-order valence-electron chi connectivity index (χ0n) is 13.0. The van der Waals surface area contributed by atoms with Gasteiger partial charge in [-0.2, -0.15) is 0 Å². The third kappa shape index (κ3) is 2.76. The molecule has 1 atom stereocenters. The molecule has 0 aromatic carbocycles. The molecule has 2 aromatic heterocycles. The van der Waals surface area contributed by atoms with Crippen LogP contribution in [0.5, 0.6) is 0 Å². The Morgan fingerprint density at radius 2 is 2.36 bits per heavy atom. The molecule has 0 saturated carbocycles. The molecule has 0 bridgehead atoms. The molecule has 0 aliphatic carbocycles. The molecular weight excluding hydrogens is 280 g/mol. The number of hydrogen-bond donors (Lipinski definition) is 2. The fraction of sp³-hybridized carbons (Fsp3) is 0.533. The van der Waals surface area contributed by atoms with Crippen molar-refractivity contribution in [3.05, 3.63) is 35.9 Å². The van der Waals surface area contributed by atoms with Crippen molar-refractivity contribution in [1.82, 2.24) is 29.7 Å². The SMILES string of the molecule is CCCN(Cc1nccn1C)C(=O)[C@H]1NCCc2[nH]cnc21. The first-order chi connectivity index (χ1) is 10.7. The molecular formula is C15H22N6O. The molecule has 118 valence electrons. The first kappa shape index (κ1) is 14.8. The summed E-state index contributed by atoms with van der Waals surface area (Å²) in [4.78, 5) is 26.6. The van der Waals surface area contributed by atoms with E-state index >= 15 is 0 Å². The molecule has 22 heavy (non-hydrogen) atoms. The number of carbonyl (C=O) groups is 1. The third-order valence-corrected chi connectivity index (χ3v) is 4.05. The second-order valence-corrected chi connectivity index (χ2v) is 5.62. The molecule has 1 aliphatic heterocycles. The highest BCUT2D eigenvalue weighted by molar-refractivity contribution is 5.83. The molecule has 1 aliphatic rings. The minimum absolute atomic E-state index is 0.0675. The summed E-state index contributed by atoms with van der Waals surface area (Å²) in [7, 11) is 1.95. The Hall–Kier alpha value is -2.15. The van der Waals surface area contributed by atoms with Gasteiger partial charge in [0.15, 0.2) is 0 Å². The van der Waals surface area contributed by atoms with Gasteiger partial charge in [0.1, 0.15) is 11.9 Å². The summed E-state index contributed by atoms with van der Waals surface area (Å²) in [5.41, 5.74) is 1.89. The summed E-state index contributed by atoms with van der Waals surface area (Å²) in [6.07, 6.45) is 7.12. The number of H-pyrrole nitrogens is 1. The van der Waals surface area contributed by atoms with Gasteiger partial charge in [0.05, 0.1) is 18.6 Å². The molecule has 0 spiro atoms. The van der Waals surface area contributed by atoms with Crippen molar-refractivity contribution < 1.29 is 4.79 Å². The molecule has 1 amide bonds. The Labute approximate surface area is 129 Å². The van der Waals surface area contributed by atoms with Crippen molar-refractivity contribution in [2.24, 2.45) is 7.05 Å². The van der Waals surface area contributed by atoms with E-state index in [1.807, 2.05) is 22.7 Å². The van der Waals surface area contributed by atoms with Gasteiger partial charge in [0.25, 0.3) is 0 Å². The van der Waals surface area contributed by atoms with Crippen molar-refractivity contribution >= 4 is 5.91 Å². The van der Waals surface area contributed by atoms with E-state index in [2.05, 4.69) is 27.2 Å². The normalized spacial score (nSPS) is 17.3. The number of nitrogens with one attached hydrogen (secondary N) is 2. The quantitative estimate of drug-likeness (QED) is 0.855. The van der Waals surface area contributed by atoms with Crippen LogP contribution < -0.4 is 5.32 Å². The first-order valence-corrected chi connectivity index (χ1v) is 7.71. The largest absolute Gasteiger partial charge is 0.348 e. The minimum Gasteiger partial charge on any atom is -0.348 e. The highest BCUT2D eigenvalue weighted by atomic mass is 16.2. The third-order valence-electron chi connectivity index (χ3n) is 4.05. The summed E-state index contributed by atoms with van der Waals surface area (Å²) in [6.45, 7) is 4.10. The number of hydrogen-bond acceptors (Lipinski definition) is 4. The predicted octanol–water partition coefficient (Wildman–Crippen LogP) is 0.769. The lowest BCUT2D eigenvalue weighted by Gasteiger charge is -2.29. The predicted molar refractivity (Wildman–Crippen MR) is 82.0 cm³/mol. The van der Waals surface area contributed by atoms with Crippen LogP contribution in [0.2, 0.25) is 0 Å². The van der Waals surface area contributed by atoms with Crippen LogP contribution in [0.1, 0.15) is 36.6 Å². The highest BCUT2D eigenvalue weighted by Gasteiger charge is 2.31. The van der Waals surface area contributed by atoms with Crippen LogP contribution in [0.4, 0.5) is 0 Å². The molecule has 0 saturated heterocycles. The van der Waals surface area contributed by atoms with Gasteiger partial charge in [0.2, 0.25) is 5.91 Å². The average Bonchev–Trinajstić information content (AvgIpc) is 3.15. The van der Waals surface area contributed by atoms with E-state index in [4.69, 9.17) is 0 Å². The summed E-state index contributed by atoms with van der Waals surface area (Å²) in [5.74, 6) is 0.956. The van der Waals surface area contributed by atoms with E-state index in [9.17, 15) is 4.79 Å². The zero-order valence-corrected chi connectivity index (χ0v) is 13.0. The van der Waals surface area contributed by atoms with Gasteiger partial charge < -0.3 is 19.8 Å². The fourth-order valence-corrected chi connectivity index (χ4v) is 2.86. The highest BCUT2D eigenvalue weighted by Crippen LogP contribution is 2.22. The molecule has 3 heterocycles. The van der Waals surface area contributed by atoms with Crippen molar-refractivity contribution in [1.29, 1.82) is 0 Å². The lowest BCUT2D eigenvalue weighted by Crippen LogP contribution is -2.44. The van der Waals surface area contributed by atoms with Crippen LogP contribution in [0, 0.1) is 0 Å². The summed E-state index contributed by atoms with van der Waals surface area (Å²) in [5, 5.41) is 3.29. The van der Waals surface area contributed by atoms with E-state index in [1.54, 1.807) is 12.5 Å². The smallest absolute Gasteiger partial charge is 0.246 e. The van der Waals surface area contributed by atoms with Gasteiger partial charge in [-0.1, -0.05) is 6.92 Å². The van der Waals surface area contributed by atoms with Crippen molar-refractivity contribution in [2.45, 2.75) is 32.4 Å². The second kappa shape index (κ2) is 6.31. The lowest BCUT2D eigenvalue weighted by atomic mass is 10.0. The number of carbonyl (C=O) groups excluding carboxylic acids is 1. The maximum Gasteiger partial charge on any atom is 0.246 e. The Morgan fingerprint density at radius 1 is 1.50 bits per heavy atom. The van der Waals surface area contributed by atoms with Gasteiger partial charge >= 0.3 is 0 Å². The van der Waals surface area contributed by atoms with Crippen molar-refractivity contribution in [3.63, 3.8) is 0 Å². The van der Waals surface area contributed by atoms with Crippen LogP contribution in [-0.4, -0.2) is 43.4 Å². The summed E-state index contributed by atoms with van der Waals surface area (Å²) < 4.78 is 1.95. The van der Waals surface area contributed by atoms with Crippen molar-refractivity contribution in [3.8, 4) is 0 Å². The Morgan fingerprint density at radius 3 is 3.09 bits per heavy atom. The lowest BCUT2D eigenvalue weighted by molar-refractivity contribution is -0.134. The number of fused-ring (bicyclic) bond motifs is 1. The Balaban J connectivity index is 1.80. The number of rotatable bonds is 5.